The predicted octanol–water partition coefficient (Wildman–Crippen LogP) is 4.70. The fourth-order valence-electron chi connectivity index (χ4n) is 2.07. The van der Waals surface area contributed by atoms with E-state index in [1.165, 1.54) is 0 Å². The highest BCUT2D eigenvalue weighted by atomic mass is 127. The van der Waals surface area contributed by atoms with Crippen LogP contribution >= 0.6 is 23.0 Å². The van der Waals surface area contributed by atoms with Crippen molar-refractivity contribution in [1.29, 1.82) is 0 Å². The Hall–Kier alpha value is 0.0800. The molecule has 0 aliphatic rings. The third kappa shape index (κ3) is 9.53. The minimum atomic E-state index is -0.971. The zero-order valence-electron chi connectivity index (χ0n) is 16.3. The standard InChI is InChI=1S/C18H35IO5/c1-8-13(3)16(24-19)10-11-22-18(6,7)17(20)21-12-15(5)23-14(4)9-2/h13-16H,8-12H2,1-7H3. The zero-order chi connectivity index (χ0) is 18.8. The molecule has 0 saturated carbocycles. The van der Waals surface area contributed by atoms with E-state index in [-0.39, 0.29) is 30.9 Å². The van der Waals surface area contributed by atoms with Crippen LogP contribution in [0.3, 0.4) is 0 Å². The second kappa shape index (κ2) is 12.4. The van der Waals surface area contributed by atoms with Crippen molar-refractivity contribution < 1.29 is 22.1 Å². The largest absolute Gasteiger partial charge is 0.461 e. The zero-order valence-corrected chi connectivity index (χ0v) is 18.4. The van der Waals surface area contributed by atoms with Gasteiger partial charge in [-0.05, 0) is 46.5 Å². The molecule has 0 heterocycles. The van der Waals surface area contributed by atoms with Crippen LogP contribution < -0.4 is 0 Å². The summed E-state index contributed by atoms with van der Waals surface area (Å²) in [5.41, 5.74) is -0.971. The van der Waals surface area contributed by atoms with E-state index in [0.29, 0.717) is 12.5 Å². The van der Waals surface area contributed by atoms with Crippen LogP contribution in [0.2, 0.25) is 0 Å². The molecule has 0 aliphatic carbocycles. The smallest absolute Gasteiger partial charge is 0.337 e. The molecule has 0 N–H and O–H groups in total. The summed E-state index contributed by atoms with van der Waals surface area (Å²) >= 11 is 1.93. The molecule has 0 saturated heterocycles. The molecule has 144 valence electrons. The van der Waals surface area contributed by atoms with Gasteiger partial charge in [-0.2, -0.15) is 0 Å². The molecule has 0 rings (SSSR count). The molecule has 6 heteroatoms. The van der Waals surface area contributed by atoms with Gasteiger partial charge in [0.2, 0.25) is 0 Å². The van der Waals surface area contributed by atoms with Crippen LogP contribution in [0.1, 0.15) is 67.7 Å². The molecular formula is C18H35IO5. The Morgan fingerprint density at radius 2 is 1.71 bits per heavy atom. The number of hydrogen-bond donors (Lipinski definition) is 0. The summed E-state index contributed by atoms with van der Waals surface area (Å²) in [6, 6.07) is 0. The van der Waals surface area contributed by atoms with E-state index >= 15 is 0 Å². The van der Waals surface area contributed by atoms with Gasteiger partial charge in [0.25, 0.3) is 0 Å². The number of carbonyl (C=O) groups is 1. The van der Waals surface area contributed by atoms with Crippen LogP contribution in [-0.2, 0) is 22.1 Å². The number of rotatable bonds is 13. The van der Waals surface area contributed by atoms with Gasteiger partial charge in [0, 0.05) is 0 Å². The van der Waals surface area contributed by atoms with Crippen molar-refractivity contribution in [1.82, 2.24) is 0 Å². The van der Waals surface area contributed by atoms with Gasteiger partial charge in [-0.25, -0.2) is 4.79 Å². The lowest BCUT2D eigenvalue weighted by Gasteiger charge is -2.26. The summed E-state index contributed by atoms with van der Waals surface area (Å²) in [5, 5.41) is 0. The summed E-state index contributed by atoms with van der Waals surface area (Å²) in [4.78, 5) is 12.2. The molecule has 0 aromatic rings. The number of carbonyl (C=O) groups excluding carboxylic acids is 1. The van der Waals surface area contributed by atoms with Gasteiger partial charge in [0.1, 0.15) is 29.6 Å². The van der Waals surface area contributed by atoms with Crippen LogP contribution in [0, 0.1) is 5.92 Å². The highest BCUT2D eigenvalue weighted by molar-refractivity contribution is 14.1. The summed E-state index contributed by atoms with van der Waals surface area (Å²) in [7, 11) is 0. The van der Waals surface area contributed by atoms with Crippen molar-refractivity contribution in [2.24, 2.45) is 5.92 Å². The molecule has 0 radical (unpaired) electrons. The fraction of sp³-hybridized carbons (Fsp3) is 0.944. The van der Waals surface area contributed by atoms with Crippen molar-refractivity contribution >= 4 is 29.0 Å². The molecule has 4 unspecified atom stereocenters. The van der Waals surface area contributed by atoms with Crippen LogP contribution in [0.25, 0.3) is 0 Å². The average molecular weight is 458 g/mol. The minimum absolute atomic E-state index is 0.123. The quantitative estimate of drug-likeness (QED) is 0.296. The lowest BCUT2D eigenvalue weighted by Crippen LogP contribution is -2.39. The SMILES string of the molecule is CCC(C)OC(C)COC(=O)C(C)(C)OCCC(OI)C(C)CC. The number of halogens is 1. The monoisotopic (exact) mass is 458 g/mol. The second-order valence-corrected chi connectivity index (χ2v) is 7.43. The summed E-state index contributed by atoms with van der Waals surface area (Å²) in [6.45, 7) is 14.4. The third-order valence-electron chi connectivity index (χ3n) is 4.24. The van der Waals surface area contributed by atoms with Gasteiger partial charge in [0.15, 0.2) is 5.60 Å². The van der Waals surface area contributed by atoms with Gasteiger partial charge in [-0.1, -0.05) is 27.2 Å². The maximum Gasteiger partial charge on any atom is 0.337 e. The van der Waals surface area contributed by atoms with E-state index in [2.05, 4.69) is 20.8 Å². The molecule has 0 aromatic heterocycles. The Morgan fingerprint density at radius 3 is 2.21 bits per heavy atom. The molecule has 0 amide bonds. The Balaban J connectivity index is 4.23. The van der Waals surface area contributed by atoms with Crippen LogP contribution in [-0.4, -0.2) is 43.1 Å². The first kappa shape index (κ1) is 24.1. The average Bonchev–Trinajstić information content (AvgIpc) is 2.55. The third-order valence-corrected chi connectivity index (χ3v) is 4.89. The first-order valence-corrected chi connectivity index (χ1v) is 9.79. The molecule has 24 heavy (non-hydrogen) atoms. The lowest BCUT2D eigenvalue weighted by atomic mass is 10.00. The van der Waals surface area contributed by atoms with Gasteiger partial charge >= 0.3 is 5.97 Å². The van der Waals surface area contributed by atoms with Crippen LogP contribution in [0.5, 0.6) is 0 Å². The number of esters is 1. The topological polar surface area (TPSA) is 54.0 Å². The lowest BCUT2D eigenvalue weighted by molar-refractivity contribution is -0.173. The van der Waals surface area contributed by atoms with Crippen LogP contribution in [0.15, 0.2) is 0 Å². The van der Waals surface area contributed by atoms with Crippen molar-refractivity contribution in [2.75, 3.05) is 13.2 Å². The number of ether oxygens (including phenoxy) is 3. The maximum atomic E-state index is 12.2. The molecule has 5 nitrogen and oxygen atoms in total. The van der Waals surface area contributed by atoms with Crippen molar-refractivity contribution in [3.63, 3.8) is 0 Å². The van der Waals surface area contributed by atoms with Gasteiger partial charge < -0.3 is 17.3 Å². The Labute approximate surface area is 161 Å². The molecule has 0 bridgehead atoms. The fourth-order valence-corrected chi connectivity index (χ4v) is 2.82. The molecular weight excluding hydrogens is 423 g/mol. The van der Waals surface area contributed by atoms with Crippen LogP contribution in [0.4, 0.5) is 0 Å². The van der Waals surface area contributed by atoms with Crippen molar-refractivity contribution in [3.8, 4) is 0 Å². The van der Waals surface area contributed by atoms with Gasteiger partial charge in [-0.3, -0.25) is 0 Å². The first-order valence-electron chi connectivity index (χ1n) is 8.91. The minimum Gasteiger partial charge on any atom is -0.461 e. The second-order valence-electron chi connectivity index (χ2n) is 6.92. The maximum absolute atomic E-state index is 12.2. The van der Waals surface area contributed by atoms with Crippen molar-refractivity contribution in [2.45, 2.75) is 91.6 Å². The predicted molar refractivity (Wildman–Crippen MR) is 104 cm³/mol. The van der Waals surface area contributed by atoms with Crippen molar-refractivity contribution in [3.05, 3.63) is 0 Å². The Bertz CT molecular complexity index is 348. The summed E-state index contributed by atoms with van der Waals surface area (Å²) < 4.78 is 22.3. The van der Waals surface area contributed by atoms with E-state index in [1.807, 2.05) is 36.9 Å². The first-order chi connectivity index (χ1) is 11.2. The normalized spacial score (nSPS) is 17.2. The van der Waals surface area contributed by atoms with Gasteiger partial charge in [-0.15, -0.1) is 0 Å². The van der Waals surface area contributed by atoms with Gasteiger partial charge in [0.05, 0.1) is 24.9 Å². The van der Waals surface area contributed by atoms with E-state index in [0.717, 1.165) is 19.3 Å². The molecule has 0 aliphatic heterocycles. The Morgan fingerprint density at radius 1 is 1.08 bits per heavy atom. The molecule has 4 atom stereocenters. The highest BCUT2D eigenvalue weighted by Gasteiger charge is 2.31. The molecule has 0 spiro atoms. The summed E-state index contributed by atoms with van der Waals surface area (Å²) in [6.07, 6.45) is 2.90. The summed E-state index contributed by atoms with van der Waals surface area (Å²) in [5.74, 6) is 0.0942. The van der Waals surface area contributed by atoms with E-state index < -0.39 is 5.60 Å². The Kier molecular flexibility index (Phi) is 12.5. The van der Waals surface area contributed by atoms with E-state index in [9.17, 15) is 4.79 Å². The molecule has 0 aromatic carbocycles. The van der Waals surface area contributed by atoms with E-state index in [1.54, 1.807) is 13.8 Å². The molecule has 0 fully saturated rings. The highest BCUT2D eigenvalue weighted by Crippen LogP contribution is 2.20. The number of hydrogen-bond acceptors (Lipinski definition) is 5. The van der Waals surface area contributed by atoms with E-state index in [4.69, 9.17) is 17.3 Å².